The van der Waals surface area contributed by atoms with Crippen molar-refractivity contribution in [1.82, 2.24) is 19.9 Å². The highest BCUT2D eigenvalue weighted by Crippen LogP contribution is 2.39. The van der Waals surface area contributed by atoms with E-state index < -0.39 is 5.97 Å². The van der Waals surface area contributed by atoms with E-state index >= 15 is 0 Å². The molecule has 1 saturated carbocycles. The van der Waals surface area contributed by atoms with Gasteiger partial charge in [-0.05, 0) is 43.5 Å². The van der Waals surface area contributed by atoms with Crippen LogP contribution in [0.1, 0.15) is 57.6 Å². The van der Waals surface area contributed by atoms with E-state index in [1.807, 2.05) is 15.8 Å². The van der Waals surface area contributed by atoms with E-state index in [9.17, 15) is 9.59 Å². The van der Waals surface area contributed by atoms with Crippen LogP contribution in [-0.4, -0.2) is 52.0 Å². The number of esters is 1. The summed E-state index contributed by atoms with van der Waals surface area (Å²) in [5, 5.41) is 8.49. The molecule has 1 aromatic carbocycles. The van der Waals surface area contributed by atoms with Gasteiger partial charge < -0.3 is 9.64 Å². The second-order valence-corrected chi connectivity index (χ2v) is 6.66. The number of aromatic nitrogens is 3. The molecule has 25 heavy (non-hydrogen) atoms. The lowest BCUT2D eigenvalue weighted by Gasteiger charge is -2.16. The molecule has 1 aliphatic carbocycles. The molecule has 7 nitrogen and oxygen atoms in total. The van der Waals surface area contributed by atoms with Gasteiger partial charge in [0.25, 0.3) is 5.91 Å². The Morgan fingerprint density at radius 2 is 1.84 bits per heavy atom. The number of amides is 1. The Labute approximate surface area is 145 Å². The molecule has 7 heteroatoms. The van der Waals surface area contributed by atoms with Crippen molar-refractivity contribution in [3.05, 3.63) is 47.3 Å². The number of nitrogens with zero attached hydrogens (tertiary/aromatic N) is 4. The largest absolute Gasteiger partial charge is 0.465 e. The second kappa shape index (κ2) is 6.31. The quantitative estimate of drug-likeness (QED) is 0.796. The molecule has 1 amide bonds. The summed E-state index contributed by atoms with van der Waals surface area (Å²) in [5.41, 5.74) is 2.09. The first kappa shape index (κ1) is 15.8. The summed E-state index contributed by atoms with van der Waals surface area (Å²) in [6, 6.07) is 6.75. The van der Waals surface area contributed by atoms with Crippen LogP contribution in [0.4, 0.5) is 0 Å². The smallest absolute Gasteiger partial charge is 0.337 e. The summed E-state index contributed by atoms with van der Waals surface area (Å²) in [5.74, 6) is 0.153. The van der Waals surface area contributed by atoms with Gasteiger partial charge in [0, 0.05) is 30.8 Å². The molecule has 130 valence electrons. The zero-order valence-electron chi connectivity index (χ0n) is 14.1. The molecule has 0 radical (unpaired) electrons. The molecular formula is C18H20N4O3. The fourth-order valence-corrected chi connectivity index (χ4v) is 3.23. The van der Waals surface area contributed by atoms with E-state index in [-0.39, 0.29) is 11.9 Å². The molecule has 2 aromatic rings. The number of rotatable bonds is 4. The Morgan fingerprint density at radius 3 is 2.52 bits per heavy atom. The van der Waals surface area contributed by atoms with E-state index in [2.05, 4.69) is 15.0 Å². The van der Waals surface area contributed by atoms with Gasteiger partial charge in [-0.15, -0.1) is 5.10 Å². The Morgan fingerprint density at radius 1 is 1.12 bits per heavy atom. The zero-order chi connectivity index (χ0) is 17.4. The van der Waals surface area contributed by atoms with Gasteiger partial charge in [-0.3, -0.25) is 4.79 Å². The van der Waals surface area contributed by atoms with Crippen LogP contribution in [0.2, 0.25) is 0 Å². The Kier molecular flexibility index (Phi) is 3.99. The minimum absolute atomic E-state index is 0.0264. The molecule has 4 rings (SSSR count). The molecule has 0 spiro atoms. The van der Waals surface area contributed by atoms with Crippen molar-refractivity contribution in [3.8, 4) is 0 Å². The number of carbonyl (C=O) groups excluding carboxylic acids is 2. The zero-order valence-corrected chi connectivity index (χ0v) is 14.1. The molecule has 1 aliphatic heterocycles. The van der Waals surface area contributed by atoms with Crippen LogP contribution in [0.3, 0.4) is 0 Å². The van der Waals surface area contributed by atoms with Crippen molar-refractivity contribution in [2.24, 2.45) is 0 Å². The SMILES string of the molecule is COC(=O)c1ccc(C(=O)N2CCC(n3cc(C4CC4)nn3)C2)cc1. The number of benzene rings is 1. The van der Waals surface area contributed by atoms with Crippen LogP contribution >= 0.6 is 0 Å². The predicted octanol–water partition coefficient (Wildman–Crippen LogP) is 2.03. The molecule has 1 atom stereocenters. The third-order valence-electron chi connectivity index (χ3n) is 4.90. The summed E-state index contributed by atoms with van der Waals surface area (Å²) in [7, 11) is 1.34. The summed E-state index contributed by atoms with van der Waals surface area (Å²) in [6.07, 6.45) is 5.31. The molecule has 1 saturated heterocycles. The van der Waals surface area contributed by atoms with E-state index in [0.29, 0.717) is 30.1 Å². The maximum absolute atomic E-state index is 12.7. The molecule has 0 bridgehead atoms. The number of likely N-dealkylation sites (tertiary alicyclic amines) is 1. The summed E-state index contributed by atoms with van der Waals surface area (Å²) < 4.78 is 6.58. The standard InChI is InChI=1S/C18H20N4O3/c1-25-18(24)14-6-4-13(5-7-14)17(23)21-9-8-15(10-21)22-11-16(19-20-22)12-2-3-12/h4-7,11-12,15H,2-3,8-10H2,1H3. The highest BCUT2D eigenvalue weighted by atomic mass is 16.5. The molecule has 1 unspecified atom stereocenters. The Bertz CT molecular complexity index is 795. The molecule has 0 N–H and O–H groups in total. The van der Waals surface area contributed by atoms with Gasteiger partial charge in [0.15, 0.2) is 0 Å². The van der Waals surface area contributed by atoms with Crippen molar-refractivity contribution in [3.63, 3.8) is 0 Å². The fraction of sp³-hybridized carbons (Fsp3) is 0.444. The van der Waals surface area contributed by atoms with Crippen LogP contribution in [0.15, 0.2) is 30.5 Å². The minimum atomic E-state index is -0.405. The molecule has 2 aliphatic rings. The maximum Gasteiger partial charge on any atom is 0.337 e. The number of hydrogen-bond donors (Lipinski definition) is 0. The lowest BCUT2D eigenvalue weighted by atomic mass is 10.1. The van der Waals surface area contributed by atoms with E-state index in [4.69, 9.17) is 0 Å². The van der Waals surface area contributed by atoms with Gasteiger partial charge in [-0.2, -0.15) is 0 Å². The number of hydrogen-bond acceptors (Lipinski definition) is 5. The number of ether oxygens (including phenoxy) is 1. The third-order valence-corrected chi connectivity index (χ3v) is 4.90. The lowest BCUT2D eigenvalue weighted by Crippen LogP contribution is -2.29. The van der Waals surface area contributed by atoms with Crippen LogP contribution in [0.25, 0.3) is 0 Å². The number of methoxy groups -OCH3 is 1. The van der Waals surface area contributed by atoms with E-state index in [0.717, 1.165) is 12.1 Å². The summed E-state index contributed by atoms with van der Waals surface area (Å²) in [4.78, 5) is 26.0. The summed E-state index contributed by atoms with van der Waals surface area (Å²) in [6.45, 7) is 1.33. The molecular weight excluding hydrogens is 320 g/mol. The van der Waals surface area contributed by atoms with Gasteiger partial charge in [0.05, 0.1) is 24.4 Å². The van der Waals surface area contributed by atoms with E-state index in [1.54, 1.807) is 24.3 Å². The highest BCUT2D eigenvalue weighted by Gasteiger charge is 2.31. The first-order valence-electron chi connectivity index (χ1n) is 8.55. The third kappa shape index (κ3) is 3.14. The lowest BCUT2D eigenvalue weighted by molar-refractivity contribution is 0.0600. The van der Waals surface area contributed by atoms with Gasteiger partial charge in [0.2, 0.25) is 0 Å². The van der Waals surface area contributed by atoms with Crippen LogP contribution in [0.5, 0.6) is 0 Å². The first-order valence-corrected chi connectivity index (χ1v) is 8.55. The minimum Gasteiger partial charge on any atom is -0.465 e. The highest BCUT2D eigenvalue weighted by molar-refractivity contribution is 5.96. The maximum atomic E-state index is 12.7. The van der Waals surface area contributed by atoms with Crippen molar-refractivity contribution in [2.45, 2.75) is 31.2 Å². The number of carbonyl (C=O) groups is 2. The monoisotopic (exact) mass is 340 g/mol. The van der Waals surface area contributed by atoms with Crippen molar-refractivity contribution < 1.29 is 14.3 Å². The predicted molar refractivity (Wildman–Crippen MR) is 89.3 cm³/mol. The molecule has 1 aromatic heterocycles. The summed E-state index contributed by atoms with van der Waals surface area (Å²) >= 11 is 0. The normalized spacial score (nSPS) is 19.9. The van der Waals surface area contributed by atoms with Gasteiger partial charge >= 0.3 is 5.97 Å². The van der Waals surface area contributed by atoms with Gasteiger partial charge in [-0.1, -0.05) is 5.21 Å². The van der Waals surface area contributed by atoms with Crippen LogP contribution < -0.4 is 0 Å². The Hall–Kier alpha value is -2.70. The van der Waals surface area contributed by atoms with Crippen molar-refractivity contribution >= 4 is 11.9 Å². The van der Waals surface area contributed by atoms with Crippen LogP contribution in [0, 0.1) is 0 Å². The molecule has 2 heterocycles. The first-order chi connectivity index (χ1) is 12.2. The van der Waals surface area contributed by atoms with Gasteiger partial charge in [-0.25, -0.2) is 9.48 Å². The average molecular weight is 340 g/mol. The molecule has 2 fully saturated rings. The van der Waals surface area contributed by atoms with Crippen molar-refractivity contribution in [2.75, 3.05) is 20.2 Å². The van der Waals surface area contributed by atoms with E-state index in [1.165, 1.54) is 20.0 Å². The van der Waals surface area contributed by atoms with Crippen molar-refractivity contribution in [1.29, 1.82) is 0 Å². The van der Waals surface area contributed by atoms with Gasteiger partial charge in [0.1, 0.15) is 0 Å². The van der Waals surface area contributed by atoms with Crippen LogP contribution in [-0.2, 0) is 4.74 Å². The fourth-order valence-electron chi connectivity index (χ4n) is 3.23. The second-order valence-electron chi connectivity index (χ2n) is 6.66. The topological polar surface area (TPSA) is 77.3 Å². The average Bonchev–Trinajstić information content (AvgIpc) is 3.19. The Balaban J connectivity index is 1.41.